The van der Waals surface area contributed by atoms with Gasteiger partial charge in [0.15, 0.2) is 0 Å². The van der Waals surface area contributed by atoms with E-state index in [1.807, 2.05) is 0 Å². The molecule has 0 aliphatic carbocycles. The number of esters is 1. The Morgan fingerprint density at radius 2 is 0.742 bits per heavy atom. The molecule has 7 nitrogen and oxygen atoms in total. The number of unbranched alkanes of at least 4 members (excludes halogenated alkanes) is 32. The molecule has 2 amide bonds. The predicted octanol–water partition coefficient (Wildman–Crippen LogP) is 17.3. The van der Waals surface area contributed by atoms with Crippen molar-refractivity contribution in [3.63, 3.8) is 0 Å². The standard InChI is InChI=1S/C59H117N3O4/c1-6-10-14-18-21-23-32-43-53-62(54-44-33-24-22-19-15-11-7-2)58(64)48-38-29-26-31-42-52-61(5)51-41-30-25-28-37-47-57(63)60-50-40-34-39-49-59(65)66-55-56(45-35-17-13-9-4)46-36-27-20-16-12-8-3/h56H,6-55H2,1-5H3,(H,60,63). The lowest BCUT2D eigenvalue weighted by molar-refractivity contribution is -0.145. The average Bonchev–Trinajstić information content (AvgIpc) is 3.31. The minimum atomic E-state index is -0.0473. The van der Waals surface area contributed by atoms with Crippen LogP contribution < -0.4 is 5.32 Å². The Morgan fingerprint density at radius 3 is 1.21 bits per heavy atom. The van der Waals surface area contributed by atoms with E-state index in [0.717, 1.165) is 71.1 Å². The summed E-state index contributed by atoms with van der Waals surface area (Å²) in [5, 5.41) is 3.09. The van der Waals surface area contributed by atoms with E-state index >= 15 is 0 Å². The molecule has 0 aromatic carbocycles. The molecule has 0 radical (unpaired) electrons. The van der Waals surface area contributed by atoms with Gasteiger partial charge in [0.25, 0.3) is 0 Å². The molecule has 0 heterocycles. The molecule has 0 bridgehead atoms. The van der Waals surface area contributed by atoms with Crippen molar-refractivity contribution in [2.24, 2.45) is 5.92 Å². The van der Waals surface area contributed by atoms with Crippen molar-refractivity contribution in [2.45, 2.75) is 310 Å². The molecule has 0 aromatic rings. The van der Waals surface area contributed by atoms with Gasteiger partial charge >= 0.3 is 5.97 Å². The van der Waals surface area contributed by atoms with Crippen LogP contribution in [0.2, 0.25) is 0 Å². The van der Waals surface area contributed by atoms with Crippen LogP contribution in [0.5, 0.6) is 0 Å². The molecule has 66 heavy (non-hydrogen) atoms. The average molecular weight is 933 g/mol. The molecule has 0 saturated heterocycles. The summed E-state index contributed by atoms with van der Waals surface area (Å²) in [5.41, 5.74) is 0. The molecule has 0 aliphatic heterocycles. The van der Waals surface area contributed by atoms with Crippen LogP contribution in [-0.2, 0) is 19.1 Å². The van der Waals surface area contributed by atoms with Crippen LogP contribution in [0.15, 0.2) is 0 Å². The lowest BCUT2D eigenvalue weighted by Gasteiger charge is -2.23. The number of nitrogens with zero attached hydrogens (tertiary/aromatic N) is 2. The van der Waals surface area contributed by atoms with Gasteiger partial charge in [0.1, 0.15) is 0 Å². The van der Waals surface area contributed by atoms with Crippen molar-refractivity contribution >= 4 is 17.8 Å². The quantitative estimate of drug-likeness (QED) is 0.0486. The molecule has 1 N–H and O–H groups in total. The highest BCUT2D eigenvalue weighted by atomic mass is 16.5. The highest BCUT2D eigenvalue weighted by Crippen LogP contribution is 2.20. The maximum absolute atomic E-state index is 13.3. The second-order valence-corrected chi connectivity index (χ2v) is 20.8. The van der Waals surface area contributed by atoms with Gasteiger partial charge in [0.2, 0.25) is 11.8 Å². The molecule has 0 rings (SSSR count). The first-order valence-corrected chi connectivity index (χ1v) is 29.8. The van der Waals surface area contributed by atoms with Crippen LogP contribution >= 0.6 is 0 Å². The van der Waals surface area contributed by atoms with Gasteiger partial charge in [0.05, 0.1) is 6.61 Å². The van der Waals surface area contributed by atoms with Gasteiger partial charge in [0, 0.05) is 38.9 Å². The number of carbonyl (C=O) groups is 3. The molecule has 0 spiro atoms. The second kappa shape index (κ2) is 52.7. The summed E-state index contributed by atoms with van der Waals surface area (Å²) in [6, 6.07) is 0. The van der Waals surface area contributed by atoms with Crippen LogP contribution in [-0.4, -0.2) is 74.0 Å². The third-order valence-electron chi connectivity index (χ3n) is 14.1. The molecular weight excluding hydrogens is 815 g/mol. The van der Waals surface area contributed by atoms with Gasteiger partial charge in [-0.05, 0) is 90.3 Å². The van der Waals surface area contributed by atoms with Gasteiger partial charge in [-0.1, -0.05) is 227 Å². The summed E-state index contributed by atoms with van der Waals surface area (Å²) in [5.74, 6) is 1.05. The molecule has 1 unspecified atom stereocenters. The van der Waals surface area contributed by atoms with Crippen LogP contribution in [0.25, 0.3) is 0 Å². The minimum Gasteiger partial charge on any atom is -0.465 e. The van der Waals surface area contributed by atoms with Crippen molar-refractivity contribution in [2.75, 3.05) is 46.4 Å². The number of hydrogen-bond acceptors (Lipinski definition) is 5. The van der Waals surface area contributed by atoms with Gasteiger partial charge in [-0.2, -0.15) is 0 Å². The zero-order valence-electron chi connectivity index (χ0n) is 45.5. The second-order valence-electron chi connectivity index (χ2n) is 20.8. The van der Waals surface area contributed by atoms with Crippen LogP contribution in [0.3, 0.4) is 0 Å². The van der Waals surface area contributed by atoms with E-state index in [1.54, 1.807) is 0 Å². The van der Waals surface area contributed by atoms with Crippen molar-refractivity contribution in [3.05, 3.63) is 0 Å². The maximum Gasteiger partial charge on any atom is 0.305 e. The molecule has 392 valence electrons. The number of rotatable bonds is 54. The molecule has 0 aliphatic rings. The Morgan fingerprint density at radius 1 is 0.394 bits per heavy atom. The van der Waals surface area contributed by atoms with Crippen LogP contribution in [0.4, 0.5) is 0 Å². The highest BCUT2D eigenvalue weighted by molar-refractivity contribution is 5.76. The van der Waals surface area contributed by atoms with Crippen LogP contribution in [0, 0.1) is 5.92 Å². The zero-order chi connectivity index (χ0) is 48.2. The highest BCUT2D eigenvalue weighted by Gasteiger charge is 2.14. The van der Waals surface area contributed by atoms with E-state index < -0.39 is 0 Å². The molecular formula is C59H117N3O4. The first-order valence-electron chi connectivity index (χ1n) is 29.8. The summed E-state index contributed by atoms with van der Waals surface area (Å²) >= 11 is 0. The number of ether oxygens (including phenoxy) is 1. The molecule has 7 heteroatoms. The molecule has 0 fully saturated rings. The van der Waals surface area contributed by atoms with Crippen LogP contribution in [0.1, 0.15) is 310 Å². The normalized spacial score (nSPS) is 12.0. The summed E-state index contributed by atoms with van der Waals surface area (Å²) < 4.78 is 5.75. The van der Waals surface area contributed by atoms with Gasteiger partial charge in [-0.3, -0.25) is 14.4 Å². The first kappa shape index (κ1) is 64.4. The number of amides is 2. The number of carbonyl (C=O) groups excluding carboxylic acids is 3. The summed E-state index contributed by atoms with van der Waals surface area (Å²) in [7, 11) is 2.26. The fraction of sp³-hybridized carbons (Fsp3) is 0.949. The third kappa shape index (κ3) is 47.4. The fourth-order valence-corrected chi connectivity index (χ4v) is 9.44. The van der Waals surface area contributed by atoms with E-state index in [9.17, 15) is 14.4 Å². The monoisotopic (exact) mass is 932 g/mol. The van der Waals surface area contributed by atoms with Crippen molar-refractivity contribution < 1.29 is 19.1 Å². The first-order chi connectivity index (χ1) is 32.4. The Kier molecular flexibility index (Phi) is 51.4. The molecule has 0 aromatic heterocycles. The SMILES string of the molecule is CCCCCCCCCCN(CCCCCCCCCC)C(=O)CCCCCCCN(C)CCCCCCCC(=O)NCCCCCC(=O)OCC(CCCCCC)CCCCCCCC. The van der Waals surface area contributed by atoms with E-state index in [4.69, 9.17) is 4.74 Å². The van der Waals surface area contributed by atoms with E-state index in [0.29, 0.717) is 37.8 Å². The Hall–Kier alpha value is -1.63. The summed E-state index contributed by atoms with van der Waals surface area (Å²) in [4.78, 5) is 42.8. The van der Waals surface area contributed by atoms with Crippen molar-refractivity contribution in [1.82, 2.24) is 15.1 Å². The minimum absolute atomic E-state index is 0.0473. The Balaban J connectivity index is 3.94. The number of nitrogens with one attached hydrogen (secondary N) is 1. The summed E-state index contributed by atoms with van der Waals surface area (Å²) in [6.45, 7) is 14.6. The van der Waals surface area contributed by atoms with Gasteiger partial charge in [-0.15, -0.1) is 0 Å². The van der Waals surface area contributed by atoms with E-state index in [1.165, 1.54) is 225 Å². The lowest BCUT2D eigenvalue weighted by Crippen LogP contribution is -2.32. The van der Waals surface area contributed by atoms with Gasteiger partial charge in [-0.25, -0.2) is 0 Å². The van der Waals surface area contributed by atoms with Crippen molar-refractivity contribution in [3.8, 4) is 0 Å². The molecule has 0 saturated carbocycles. The maximum atomic E-state index is 13.3. The van der Waals surface area contributed by atoms with E-state index in [2.05, 4.69) is 49.9 Å². The van der Waals surface area contributed by atoms with Crippen molar-refractivity contribution in [1.29, 1.82) is 0 Å². The Bertz CT molecular complexity index is 1000. The predicted molar refractivity (Wildman–Crippen MR) is 287 cm³/mol. The summed E-state index contributed by atoms with van der Waals surface area (Å²) in [6.07, 6.45) is 52.7. The molecule has 1 atom stereocenters. The third-order valence-corrected chi connectivity index (χ3v) is 14.1. The zero-order valence-corrected chi connectivity index (χ0v) is 45.5. The largest absolute Gasteiger partial charge is 0.465 e. The van der Waals surface area contributed by atoms with E-state index in [-0.39, 0.29) is 11.9 Å². The van der Waals surface area contributed by atoms with Gasteiger partial charge < -0.3 is 19.9 Å². The lowest BCUT2D eigenvalue weighted by atomic mass is 9.95. The topological polar surface area (TPSA) is 79.0 Å². The fourth-order valence-electron chi connectivity index (χ4n) is 9.44. The number of hydrogen-bond donors (Lipinski definition) is 1. The Labute approximate surface area is 413 Å². The smallest absolute Gasteiger partial charge is 0.305 e.